The summed E-state index contributed by atoms with van der Waals surface area (Å²) in [7, 11) is 3.72. The fourth-order valence-electron chi connectivity index (χ4n) is 3.32. The van der Waals surface area contributed by atoms with E-state index in [-0.39, 0.29) is 11.5 Å². The van der Waals surface area contributed by atoms with Crippen LogP contribution < -0.4 is 14.8 Å². The summed E-state index contributed by atoms with van der Waals surface area (Å²) >= 11 is 0. The van der Waals surface area contributed by atoms with Gasteiger partial charge in [0.2, 0.25) is 0 Å². The van der Waals surface area contributed by atoms with Crippen molar-refractivity contribution in [2.24, 2.45) is 5.41 Å². The quantitative estimate of drug-likeness (QED) is 0.913. The van der Waals surface area contributed by atoms with Crippen molar-refractivity contribution in [2.45, 2.75) is 52.2 Å². The van der Waals surface area contributed by atoms with Crippen molar-refractivity contribution in [2.75, 3.05) is 14.2 Å². The molecule has 0 spiro atoms. The van der Waals surface area contributed by atoms with E-state index in [1.165, 1.54) is 18.4 Å². The van der Waals surface area contributed by atoms with E-state index in [0.717, 1.165) is 17.9 Å². The van der Waals surface area contributed by atoms with Crippen molar-refractivity contribution in [3.05, 3.63) is 23.8 Å². The molecule has 1 aromatic rings. The summed E-state index contributed by atoms with van der Waals surface area (Å²) in [4.78, 5) is 0. The van der Waals surface area contributed by atoms with Crippen LogP contribution in [0.4, 0.5) is 0 Å². The minimum Gasteiger partial charge on any atom is -0.493 e. The first-order chi connectivity index (χ1) is 9.47. The first-order valence-corrected chi connectivity index (χ1v) is 7.46. The lowest BCUT2D eigenvalue weighted by molar-refractivity contribution is 0.0387. The fourth-order valence-corrected chi connectivity index (χ4v) is 3.32. The van der Waals surface area contributed by atoms with Crippen molar-refractivity contribution >= 4 is 0 Å². The highest BCUT2D eigenvalue weighted by atomic mass is 16.5. The van der Waals surface area contributed by atoms with Gasteiger partial charge < -0.3 is 14.8 Å². The van der Waals surface area contributed by atoms with E-state index in [2.05, 4.69) is 32.2 Å². The molecule has 1 aromatic carbocycles. The molecular weight excluding hydrogens is 250 g/mol. The molecule has 0 aromatic heterocycles. The van der Waals surface area contributed by atoms with E-state index in [9.17, 15) is 0 Å². The van der Waals surface area contributed by atoms with Crippen LogP contribution in [0, 0.1) is 12.3 Å². The largest absolute Gasteiger partial charge is 0.493 e. The van der Waals surface area contributed by atoms with Gasteiger partial charge in [-0.3, -0.25) is 0 Å². The SMILES string of the molecule is CNC1C(Oc2ccc(C)cc2OC)CCCC1(C)C. The van der Waals surface area contributed by atoms with Crippen LogP contribution in [0.25, 0.3) is 0 Å². The lowest BCUT2D eigenvalue weighted by Gasteiger charge is -2.43. The molecule has 1 fully saturated rings. The summed E-state index contributed by atoms with van der Waals surface area (Å²) in [6, 6.07) is 6.47. The Morgan fingerprint density at radius 3 is 2.65 bits per heavy atom. The number of aryl methyl sites for hydroxylation is 1. The van der Waals surface area contributed by atoms with Crippen molar-refractivity contribution in [1.29, 1.82) is 0 Å². The van der Waals surface area contributed by atoms with Gasteiger partial charge >= 0.3 is 0 Å². The van der Waals surface area contributed by atoms with Crippen LogP contribution >= 0.6 is 0 Å². The van der Waals surface area contributed by atoms with Gasteiger partial charge in [-0.05, 0) is 56.3 Å². The predicted octanol–water partition coefficient (Wildman–Crippen LogP) is 3.55. The van der Waals surface area contributed by atoms with Crippen LogP contribution in [0.3, 0.4) is 0 Å². The highest BCUT2D eigenvalue weighted by Crippen LogP contribution is 2.39. The molecule has 2 unspecified atom stereocenters. The molecule has 0 bridgehead atoms. The monoisotopic (exact) mass is 277 g/mol. The molecule has 3 heteroatoms. The summed E-state index contributed by atoms with van der Waals surface area (Å²) in [5.74, 6) is 1.67. The number of nitrogens with one attached hydrogen (secondary N) is 1. The number of hydrogen-bond donors (Lipinski definition) is 1. The predicted molar refractivity (Wildman–Crippen MR) is 82.6 cm³/mol. The van der Waals surface area contributed by atoms with Crippen molar-refractivity contribution < 1.29 is 9.47 Å². The third-order valence-electron chi connectivity index (χ3n) is 4.43. The average Bonchev–Trinajstić information content (AvgIpc) is 2.40. The topological polar surface area (TPSA) is 30.5 Å². The van der Waals surface area contributed by atoms with Crippen LogP contribution in [0.15, 0.2) is 18.2 Å². The molecule has 2 rings (SSSR count). The van der Waals surface area contributed by atoms with Crippen molar-refractivity contribution in [3.8, 4) is 11.5 Å². The molecular formula is C17H27NO2. The molecule has 0 amide bonds. The molecule has 2 atom stereocenters. The molecule has 112 valence electrons. The van der Waals surface area contributed by atoms with E-state index in [4.69, 9.17) is 9.47 Å². The molecule has 1 aliphatic rings. The summed E-state index contributed by atoms with van der Waals surface area (Å²) in [6.07, 6.45) is 3.74. The molecule has 3 nitrogen and oxygen atoms in total. The molecule has 1 N–H and O–H groups in total. The van der Waals surface area contributed by atoms with Crippen molar-refractivity contribution in [3.63, 3.8) is 0 Å². The van der Waals surface area contributed by atoms with E-state index >= 15 is 0 Å². The fraction of sp³-hybridized carbons (Fsp3) is 0.647. The summed E-state index contributed by atoms with van der Waals surface area (Å²) < 4.78 is 11.7. The zero-order valence-corrected chi connectivity index (χ0v) is 13.3. The Bertz CT molecular complexity index is 456. The van der Waals surface area contributed by atoms with Gasteiger partial charge in [0.25, 0.3) is 0 Å². The van der Waals surface area contributed by atoms with Gasteiger partial charge in [0, 0.05) is 6.04 Å². The Morgan fingerprint density at radius 2 is 2.00 bits per heavy atom. The van der Waals surface area contributed by atoms with Gasteiger partial charge in [-0.2, -0.15) is 0 Å². The normalized spacial score (nSPS) is 25.2. The average molecular weight is 277 g/mol. The first-order valence-electron chi connectivity index (χ1n) is 7.46. The van der Waals surface area contributed by atoms with Crippen LogP contribution in [0.1, 0.15) is 38.7 Å². The van der Waals surface area contributed by atoms with E-state index < -0.39 is 0 Å². The van der Waals surface area contributed by atoms with Gasteiger partial charge in [-0.15, -0.1) is 0 Å². The first kappa shape index (κ1) is 15.2. The number of hydrogen-bond acceptors (Lipinski definition) is 3. The summed E-state index contributed by atoms with van der Waals surface area (Å²) in [6.45, 7) is 6.69. The highest BCUT2D eigenvalue weighted by molar-refractivity contribution is 5.42. The van der Waals surface area contributed by atoms with Gasteiger partial charge in [0.1, 0.15) is 6.10 Å². The molecule has 0 saturated heterocycles. The smallest absolute Gasteiger partial charge is 0.161 e. The molecule has 20 heavy (non-hydrogen) atoms. The Morgan fingerprint density at radius 1 is 1.25 bits per heavy atom. The van der Waals surface area contributed by atoms with E-state index in [1.807, 2.05) is 19.2 Å². The third-order valence-corrected chi connectivity index (χ3v) is 4.43. The minimum absolute atomic E-state index is 0.195. The maximum Gasteiger partial charge on any atom is 0.161 e. The molecule has 0 radical (unpaired) electrons. The van der Waals surface area contributed by atoms with Crippen LogP contribution in [-0.4, -0.2) is 26.3 Å². The Hall–Kier alpha value is -1.22. The maximum atomic E-state index is 6.28. The van der Waals surface area contributed by atoms with Gasteiger partial charge in [-0.1, -0.05) is 19.9 Å². The minimum atomic E-state index is 0.195. The van der Waals surface area contributed by atoms with Crippen LogP contribution in [-0.2, 0) is 0 Å². The zero-order valence-electron chi connectivity index (χ0n) is 13.3. The maximum absolute atomic E-state index is 6.28. The number of benzene rings is 1. The Kier molecular flexibility index (Phi) is 4.59. The second kappa shape index (κ2) is 6.04. The standard InChI is InChI=1S/C17H27NO2/c1-12-8-9-13(15(11-12)19-5)20-14-7-6-10-17(2,3)16(14)18-4/h8-9,11,14,16,18H,6-7,10H2,1-5H3. The van der Waals surface area contributed by atoms with Crippen LogP contribution in [0.2, 0.25) is 0 Å². The zero-order chi connectivity index (χ0) is 14.8. The van der Waals surface area contributed by atoms with Crippen molar-refractivity contribution in [1.82, 2.24) is 5.32 Å². The van der Waals surface area contributed by atoms with Crippen LogP contribution in [0.5, 0.6) is 11.5 Å². The number of ether oxygens (including phenoxy) is 2. The van der Waals surface area contributed by atoms with Gasteiger partial charge in [-0.25, -0.2) is 0 Å². The summed E-state index contributed by atoms with van der Waals surface area (Å²) in [5, 5.41) is 3.45. The van der Waals surface area contributed by atoms with Gasteiger partial charge in [0.15, 0.2) is 11.5 Å². The second-order valence-corrected chi connectivity index (χ2v) is 6.46. The summed E-state index contributed by atoms with van der Waals surface area (Å²) in [5.41, 5.74) is 1.44. The van der Waals surface area contributed by atoms with Gasteiger partial charge in [0.05, 0.1) is 7.11 Å². The Balaban J connectivity index is 2.20. The Labute approximate surface area is 122 Å². The molecule has 0 heterocycles. The number of likely N-dealkylation sites (N-methyl/N-ethyl adjacent to an activating group) is 1. The van der Waals surface area contributed by atoms with E-state index in [1.54, 1.807) is 7.11 Å². The number of methoxy groups -OCH3 is 1. The molecule has 0 aliphatic heterocycles. The lowest BCUT2D eigenvalue weighted by Crippen LogP contribution is -2.53. The third kappa shape index (κ3) is 3.09. The molecule has 1 saturated carbocycles. The highest BCUT2D eigenvalue weighted by Gasteiger charge is 2.39. The number of rotatable bonds is 4. The van der Waals surface area contributed by atoms with E-state index in [0.29, 0.717) is 6.04 Å². The second-order valence-electron chi connectivity index (χ2n) is 6.46. The lowest BCUT2D eigenvalue weighted by atomic mass is 9.72. The molecule has 1 aliphatic carbocycles.